The second-order valence-corrected chi connectivity index (χ2v) is 5.05. The Morgan fingerprint density at radius 2 is 2.37 bits per heavy atom. The van der Waals surface area contributed by atoms with Gasteiger partial charge < -0.3 is 15.2 Å². The Bertz CT molecular complexity index is 468. The van der Waals surface area contributed by atoms with Crippen molar-refractivity contribution in [1.82, 2.24) is 4.98 Å². The molecule has 1 unspecified atom stereocenters. The molecule has 5 nitrogen and oxygen atoms in total. The summed E-state index contributed by atoms with van der Waals surface area (Å²) in [6.07, 6.45) is 2.07. The van der Waals surface area contributed by atoms with Gasteiger partial charge in [-0.05, 0) is 44.2 Å². The van der Waals surface area contributed by atoms with Gasteiger partial charge in [-0.25, -0.2) is 9.78 Å². The van der Waals surface area contributed by atoms with E-state index >= 15 is 0 Å². The number of hydrogen-bond donors (Lipinski definition) is 2. The number of nitrogens with one attached hydrogen (secondary N) is 1. The maximum absolute atomic E-state index is 11.3. The third-order valence-corrected chi connectivity index (χ3v) is 3.43. The molecule has 1 aliphatic heterocycles. The molecule has 19 heavy (non-hydrogen) atoms. The minimum absolute atomic E-state index is 0.272. The number of aryl methyl sites for hydroxylation is 2. The van der Waals surface area contributed by atoms with E-state index in [2.05, 4.69) is 10.3 Å². The van der Waals surface area contributed by atoms with Gasteiger partial charge in [-0.1, -0.05) is 0 Å². The fraction of sp³-hybridized carbons (Fsp3) is 0.571. The van der Waals surface area contributed by atoms with Crippen LogP contribution in [0.1, 0.15) is 34.5 Å². The van der Waals surface area contributed by atoms with Crippen LogP contribution in [0.5, 0.6) is 0 Å². The lowest BCUT2D eigenvalue weighted by molar-refractivity contribution is 0.0697. The van der Waals surface area contributed by atoms with Gasteiger partial charge in [-0.2, -0.15) is 0 Å². The highest BCUT2D eigenvalue weighted by molar-refractivity contribution is 5.94. The molecular formula is C14H20N2O3. The standard InChI is InChI=1S/C14H20N2O3/c1-9-7-10(2)16-13(12(9)14(17)18)15-5-3-11-4-6-19-8-11/h7,11H,3-6,8H2,1-2H3,(H,15,16)(H,17,18). The van der Waals surface area contributed by atoms with Gasteiger partial charge in [0.15, 0.2) is 0 Å². The predicted molar refractivity (Wildman–Crippen MR) is 72.7 cm³/mol. The van der Waals surface area contributed by atoms with Crippen LogP contribution < -0.4 is 5.32 Å². The molecule has 1 saturated heterocycles. The Hall–Kier alpha value is -1.62. The molecule has 0 bridgehead atoms. The van der Waals surface area contributed by atoms with E-state index in [4.69, 9.17) is 4.74 Å². The van der Waals surface area contributed by atoms with Crippen molar-refractivity contribution in [3.05, 3.63) is 22.9 Å². The molecule has 1 fully saturated rings. The molecule has 2 N–H and O–H groups in total. The van der Waals surface area contributed by atoms with E-state index in [0.29, 0.717) is 11.7 Å². The summed E-state index contributed by atoms with van der Waals surface area (Å²) in [6.45, 7) is 6.05. The monoisotopic (exact) mass is 264 g/mol. The summed E-state index contributed by atoms with van der Waals surface area (Å²) in [5, 5.41) is 12.4. The van der Waals surface area contributed by atoms with Crippen LogP contribution in [0.4, 0.5) is 5.82 Å². The molecule has 1 aromatic rings. The molecule has 5 heteroatoms. The number of pyridine rings is 1. The van der Waals surface area contributed by atoms with Crippen LogP contribution in [0.15, 0.2) is 6.07 Å². The summed E-state index contributed by atoms with van der Waals surface area (Å²) >= 11 is 0. The van der Waals surface area contributed by atoms with Crippen LogP contribution in [0.3, 0.4) is 0 Å². The molecule has 1 atom stereocenters. The molecule has 0 aromatic carbocycles. The summed E-state index contributed by atoms with van der Waals surface area (Å²) in [7, 11) is 0. The van der Waals surface area contributed by atoms with Gasteiger partial charge in [0.25, 0.3) is 0 Å². The predicted octanol–water partition coefficient (Wildman–Crippen LogP) is 2.24. The lowest BCUT2D eigenvalue weighted by atomic mass is 10.1. The number of aromatic nitrogens is 1. The number of carboxylic acid groups (broad SMARTS) is 1. The second kappa shape index (κ2) is 6.02. The molecule has 0 spiro atoms. The largest absolute Gasteiger partial charge is 0.478 e. The fourth-order valence-corrected chi connectivity index (χ4v) is 2.44. The van der Waals surface area contributed by atoms with Crippen LogP contribution in [-0.4, -0.2) is 35.8 Å². The lowest BCUT2D eigenvalue weighted by Gasteiger charge is -2.13. The van der Waals surface area contributed by atoms with Gasteiger partial charge in [-0.3, -0.25) is 0 Å². The molecule has 2 heterocycles. The van der Waals surface area contributed by atoms with Crippen molar-refractivity contribution in [3.63, 3.8) is 0 Å². The zero-order chi connectivity index (χ0) is 13.8. The first-order chi connectivity index (χ1) is 9.08. The van der Waals surface area contributed by atoms with Crippen LogP contribution in [0.2, 0.25) is 0 Å². The van der Waals surface area contributed by atoms with E-state index in [1.54, 1.807) is 13.0 Å². The zero-order valence-corrected chi connectivity index (χ0v) is 11.4. The highest BCUT2D eigenvalue weighted by Gasteiger charge is 2.17. The van der Waals surface area contributed by atoms with Crippen molar-refractivity contribution in [2.24, 2.45) is 5.92 Å². The molecular weight excluding hydrogens is 244 g/mol. The van der Waals surface area contributed by atoms with Crippen molar-refractivity contribution in [2.45, 2.75) is 26.7 Å². The van der Waals surface area contributed by atoms with Crippen LogP contribution in [0.25, 0.3) is 0 Å². The van der Waals surface area contributed by atoms with Crippen molar-refractivity contribution < 1.29 is 14.6 Å². The molecule has 1 aromatic heterocycles. The van der Waals surface area contributed by atoms with Gasteiger partial charge >= 0.3 is 5.97 Å². The Morgan fingerprint density at radius 1 is 1.58 bits per heavy atom. The van der Waals surface area contributed by atoms with E-state index in [9.17, 15) is 9.90 Å². The Balaban J connectivity index is 2.03. The van der Waals surface area contributed by atoms with E-state index < -0.39 is 5.97 Å². The third kappa shape index (κ3) is 3.44. The van der Waals surface area contributed by atoms with E-state index in [1.807, 2.05) is 6.92 Å². The summed E-state index contributed by atoms with van der Waals surface area (Å²) in [6, 6.07) is 1.79. The SMILES string of the molecule is Cc1cc(C)c(C(=O)O)c(NCCC2CCOC2)n1. The molecule has 1 aliphatic rings. The van der Waals surface area contributed by atoms with E-state index in [1.165, 1.54) is 0 Å². The Labute approximate surface area is 113 Å². The van der Waals surface area contributed by atoms with Gasteiger partial charge in [0.1, 0.15) is 11.4 Å². The fourth-order valence-electron chi connectivity index (χ4n) is 2.44. The third-order valence-electron chi connectivity index (χ3n) is 3.43. The van der Waals surface area contributed by atoms with Gasteiger partial charge in [0.2, 0.25) is 0 Å². The van der Waals surface area contributed by atoms with Crippen molar-refractivity contribution in [3.8, 4) is 0 Å². The van der Waals surface area contributed by atoms with E-state index in [-0.39, 0.29) is 5.56 Å². The minimum Gasteiger partial charge on any atom is -0.478 e. The number of nitrogens with zero attached hydrogens (tertiary/aromatic N) is 1. The first kappa shape index (κ1) is 13.8. The lowest BCUT2D eigenvalue weighted by Crippen LogP contribution is -2.14. The number of ether oxygens (including phenoxy) is 1. The number of aromatic carboxylic acids is 1. The molecule has 2 rings (SSSR count). The van der Waals surface area contributed by atoms with Crippen molar-refractivity contribution in [2.75, 3.05) is 25.1 Å². The van der Waals surface area contributed by atoms with Gasteiger partial charge in [0, 0.05) is 25.5 Å². The average Bonchev–Trinajstić information content (AvgIpc) is 2.80. The summed E-state index contributed by atoms with van der Waals surface area (Å²) in [5.74, 6) is 0.118. The van der Waals surface area contributed by atoms with Crippen LogP contribution in [0, 0.1) is 19.8 Å². The molecule has 104 valence electrons. The quantitative estimate of drug-likeness (QED) is 0.853. The first-order valence-electron chi connectivity index (χ1n) is 6.61. The Kier molecular flexibility index (Phi) is 4.37. The van der Waals surface area contributed by atoms with Crippen molar-refractivity contribution >= 4 is 11.8 Å². The smallest absolute Gasteiger partial charge is 0.339 e. The number of anilines is 1. The molecule has 0 amide bonds. The summed E-state index contributed by atoms with van der Waals surface area (Å²) in [5.41, 5.74) is 1.84. The second-order valence-electron chi connectivity index (χ2n) is 5.05. The maximum atomic E-state index is 11.3. The molecule has 0 radical (unpaired) electrons. The van der Waals surface area contributed by atoms with E-state index in [0.717, 1.165) is 43.9 Å². The number of carbonyl (C=O) groups is 1. The Morgan fingerprint density at radius 3 is 3.00 bits per heavy atom. The van der Waals surface area contributed by atoms with Gasteiger partial charge in [0.05, 0.1) is 0 Å². The zero-order valence-electron chi connectivity index (χ0n) is 11.4. The highest BCUT2D eigenvalue weighted by atomic mass is 16.5. The highest BCUT2D eigenvalue weighted by Crippen LogP contribution is 2.20. The summed E-state index contributed by atoms with van der Waals surface area (Å²) < 4.78 is 5.32. The molecule has 0 aliphatic carbocycles. The maximum Gasteiger partial charge on any atom is 0.339 e. The number of hydrogen-bond acceptors (Lipinski definition) is 4. The summed E-state index contributed by atoms with van der Waals surface area (Å²) in [4.78, 5) is 15.6. The van der Waals surface area contributed by atoms with Crippen LogP contribution in [-0.2, 0) is 4.74 Å². The topological polar surface area (TPSA) is 71.5 Å². The average molecular weight is 264 g/mol. The number of carboxylic acids is 1. The first-order valence-corrected chi connectivity index (χ1v) is 6.61. The van der Waals surface area contributed by atoms with Crippen LogP contribution >= 0.6 is 0 Å². The molecule has 0 saturated carbocycles. The van der Waals surface area contributed by atoms with Gasteiger partial charge in [-0.15, -0.1) is 0 Å². The van der Waals surface area contributed by atoms with Crippen molar-refractivity contribution in [1.29, 1.82) is 0 Å². The minimum atomic E-state index is -0.934. The number of rotatable bonds is 5. The normalized spacial score (nSPS) is 18.5.